The highest BCUT2D eigenvalue weighted by Crippen LogP contribution is 2.17. The SMILES string of the molecule is CN1CCCC1CCNC(=O)c1cccc(Cl)c1. The van der Waals surface area contributed by atoms with Gasteiger partial charge in [-0.15, -0.1) is 0 Å². The molecular formula is C14H19ClN2O. The summed E-state index contributed by atoms with van der Waals surface area (Å²) in [5.74, 6) is -0.0434. The third-order valence-electron chi connectivity index (χ3n) is 3.52. The van der Waals surface area contributed by atoms with Crippen molar-refractivity contribution in [2.45, 2.75) is 25.3 Å². The first kappa shape index (κ1) is 13.4. The van der Waals surface area contributed by atoms with Gasteiger partial charge in [0.2, 0.25) is 0 Å². The molecule has 0 radical (unpaired) electrons. The third kappa shape index (κ3) is 3.47. The molecule has 1 heterocycles. The Bertz CT molecular complexity index is 422. The van der Waals surface area contributed by atoms with Crippen LogP contribution in [0.1, 0.15) is 29.6 Å². The maximum absolute atomic E-state index is 11.9. The molecule has 1 unspecified atom stereocenters. The van der Waals surface area contributed by atoms with Crippen molar-refractivity contribution >= 4 is 17.5 Å². The van der Waals surface area contributed by atoms with Crippen molar-refractivity contribution in [1.82, 2.24) is 10.2 Å². The summed E-state index contributed by atoms with van der Waals surface area (Å²) in [6.45, 7) is 1.90. The maximum Gasteiger partial charge on any atom is 0.251 e. The summed E-state index contributed by atoms with van der Waals surface area (Å²) in [5.41, 5.74) is 0.627. The van der Waals surface area contributed by atoms with Crippen molar-refractivity contribution in [1.29, 1.82) is 0 Å². The van der Waals surface area contributed by atoms with Crippen LogP contribution in [0.3, 0.4) is 0 Å². The number of hydrogen-bond acceptors (Lipinski definition) is 2. The number of carbonyl (C=O) groups is 1. The molecule has 1 N–H and O–H groups in total. The molecule has 1 aromatic carbocycles. The fourth-order valence-electron chi connectivity index (χ4n) is 2.43. The van der Waals surface area contributed by atoms with Crippen molar-refractivity contribution in [3.05, 3.63) is 34.9 Å². The van der Waals surface area contributed by atoms with Crippen LogP contribution in [0.25, 0.3) is 0 Å². The minimum absolute atomic E-state index is 0.0434. The Kier molecular flexibility index (Phi) is 4.61. The van der Waals surface area contributed by atoms with Crippen LogP contribution in [0, 0.1) is 0 Å². The molecule has 0 aliphatic carbocycles. The number of halogens is 1. The second kappa shape index (κ2) is 6.21. The number of hydrogen-bond donors (Lipinski definition) is 1. The molecule has 0 bridgehead atoms. The number of benzene rings is 1. The highest BCUT2D eigenvalue weighted by atomic mass is 35.5. The fourth-order valence-corrected chi connectivity index (χ4v) is 2.62. The predicted octanol–water partition coefficient (Wildman–Crippen LogP) is 2.55. The van der Waals surface area contributed by atoms with Gasteiger partial charge in [-0.2, -0.15) is 0 Å². The Labute approximate surface area is 113 Å². The van der Waals surface area contributed by atoms with Gasteiger partial charge in [-0.25, -0.2) is 0 Å². The summed E-state index contributed by atoms with van der Waals surface area (Å²) in [4.78, 5) is 14.2. The van der Waals surface area contributed by atoms with Crippen LogP contribution in [0.2, 0.25) is 5.02 Å². The monoisotopic (exact) mass is 266 g/mol. The van der Waals surface area contributed by atoms with Gasteiger partial charge in [0.15, 0.2) is 0 Å². The van der Waals surface area contributed by atoms with E-state index in [0.29, 0.717) is 16.6 Å². The van der Waals surface area contributed by atoms with Gasteiger partial charge in [-0.05, 0) is 51.1 Å². The second-order valence-corrected chi connectivity index (χ2v) is 5.27. The molecule has 1 saturated heterocycles. The maximum atomic E-state index is 11.9. The van der Waals surface area contributed by atoms with Gasteiger partial charge in [-0.3, -0.25) is 4.79 Å². The molecule has 1 aromatic rings. The summed E-state index contributed by atoms with van der Waals surface area (Å²) in [6, 6.07) is 7.65. The number of amides is 1. The van der Waals surface area contributed by atoms with E-state index < -0.39 is 0 Å². The first-order chi connectivity index (χ1) is 8.66. The normalized spacial score (nSPS) is 20.0. The van der Waals surface area contributed by atoms with Crippen LogP contribution in [-0.4, -0.2) is 37.0 Å². The Morgan fingerprint density at radius 3 is 3.06 bits per heavy atom. The second-order valence-electron chi connectivity index (χ2n) is 4.83. The average Bonchev–Trinajstić information content (AvgIpc) is 2.75. The van der Waals surface area contributed by atoms with Gasteiger partial charge < -0.3 is 10.2 Å². The zero-order valence-corrected chi connectivity index (χ0v) is 11.4. The number of nitrogens with zero attached hydrogens (tertiary/aromatic N) is 1. The fraction of sp³-hybridized carbons (Fsp3) is 0.500. The Morgan fingerprint density at radius 1 is 1.56 bits per heavy atom. The largest absolute Gasteiger partial charge is 0.352 e. The standard InChI is InChI=1S/C14H19ClN2O/c1-17-9-3-6-13(17)7-8-16-14(18)11-4-2-5-12(15)10-11/h2,4-5,10,13H,3,6-9H2,1H3,(H,16,18). The summed E-state index contributed by atoms with van der Waals surface area (Å²) >= 11 is 5.86. The van der Waals surface area contributed by atoms with Crippen LogP contribution >= 0.6 is 11.6 Å². The molecule has 0 spiro atoms. The molecule has 0 saturated carbocycles. The van der Waals surface area contributed by atoms with Gasteiger partial charge in [0.1, 0.15) is 0 Å². The first-order valence-corrected chi connectivity index (χ1v) is 6.78. The lowest BCUT2D eigenvalue weighted by atomic mass is 10.1. The van der Waals surface area contributed by atoms with Gasteiger partial charge in [0, 0.05) is 23.2 Å². The van der Waals surface area contributed by atoms with E-state index in [0.717, 1.165) is 13.0 Å². The van der Waals surface area contributed by atoms with Gasteiger partial charge in [0.25, 0.3) is 5.91 Å². The molecule has 0 aromatic heterocycles. The molecule has 4 heteroatoms. The van der Waals surface area contributed by atoms with E-state index in [1.165, 1.54) is 19.4 Å². The molecule has 1 aliphatic heterocycles. The van der Waals surface area contributed by atoms with Gasteiger partial charge >= 0.3 is 0 Å². The van der Waals surface area contributed by atoms with Crippen molar-refractivity contribution in [3.63, 3.8) is 0 Å². The van der Waals surface area contributed by atoms with Crippen molar-refractivity contribution in [2.75, 3.05) is 20.1 Å². The zero-order valence-electron chi connectivity index (χ0n) is 10.7. The lowest BCUT2D eigenvalue weighted by Gasteiger charge is -2.19. The Balaban J connectivity index is 1.78. The smallest absolute Gasteiger partial charge is 0.251 e. The molecule has 1 fully saturated rings. The van der Waals surface area contributed by atoms with Crippen LogP contribution in [0.5, 0.6) is 0 Å². The van der Waals surface area contributed by atoms with Crippen LogP contribution < -0.4 is 5.32 Å². The minimum Gasteiger partial charge on any atom is -0.352 e. The van der Waals surface area contributed by atoms with E-state index in [9.17, 15) is 4.79 Å². The van der Waals surface area contributed by atoms with E-state index >= 15 is 0 Å². The number of likely N-dealkylation sites (tertiary alicyclic amines) is 1. The highest BCUT2D eigenvalue weighted by molar-refractivity contribution is 6.30. The number of carbonyl (C=O) groups excluding carboxylic acids is 1. The topological polar surface area (TPSA) is 32.3 Å². The lowest BCUT2D eigenvalue weighted by molar-refractivity contribution is 0.0950. The molecule has 1 atom stereocenters. The molecule has 18 heavy (non-hydrogen) atoms. The van der Waals surface area contributed by atoms with Crippen LogP contribution in [0.15, 0.2) is 24.3 Å². The molecule has 98 valence electrons. The van der Waals surface area contributed by atoms with E-state index in [1.807, 2.05) is 0 Å². The zero-order chi connectivity index (χ0) is 13.0. The van der Waals surface area contributed by atoms with Crippen LogP contribution in [0.4, 0.5) is 0 Å². The molecule has 1 amide bonds. The van der Waals surface area contributed by atoms with E-state index in [1.54, 1.807) is 24.3 Å². The lowest BCUT2D eigenvalue weighted by Crippen LogP contribution is -2.31. The van der Waals surface area contributed by atoms with E-state index in [-0.39, 0.29) is 5.91 Å². The molecule has 2 rings (SSSR count). The summed E-state index contributed by atoms with van der Waals surface area (Å²) in [5, 5.41) is 3.54. The Morgan fingerprint density at radius 2 is 2.39 bits per heavy atom. The number of nitrogens with one attached hydrogen (secondary N) is 1. The van der Waals surface area contributed by atoms with Crippen LogP contribution in [-0.2, 0) is 0 Å². The first-order valence-electron chi connectivity index (χ1n) is 6.41. The quantitative estimate of drug-likeness (QED) is 0.908. The minimum atomic E-state index is -0.0434. The van der Waals surface area contributed by atoms with Gasteiger partial charge in [-0.1, -0.05) is 17.7 Å². The predicted molar refractivity (Wildman–Crippen MR) is 74.1 cm³/mol. The van der Waals surface area contributed by atoms with E-state index in [2.05, 4.69) is 17.3 Å². The molecular weight excluding hydrogens is 248 g/mol. The average molecular weight is 267 g/mol. The van der Waals surface area contributed by atoms with Crippen molar-refractivity contribution < 1.29 is 4.79 Å². The Hall–Kier alpha value is -1.06. The highest BCUT2D eigenvalue weighted by Gasteiger charge is 2.20. The number of rotatable bonds is 4. The summed E-state index contributed by atoms with van der Waals surface area (Å²) in [7, 11) is 2.15. The van der Waals surface area contributed by atoms with Crippen molar-refractivity contribution in [2.24, 2.45) is 0 Å². The van der Waals surface area contributed by atoms with Crippen molar-refractivity contribution in [3.8, 4) is 0 Å². The molecule has 1 aliphatic rings. The van der Waals surface area contributed by atoms with Gasteiger partial charge in [0.05, 0.1) is 0 Å². The third-order valence-corrected chi connectivity index (χ3v) is 3.76. The summed E-state index contributed by atoms with van der Waals surface area (Å²) < 4.78 is 0. The summed E-state index contributed by atoms with van der Waals surface area (Å²) in [6.07, 6.45) is 3.52. The molecule has 3 nitrogen and oxygen atoms in total. The van der Waals surface area contributed by atoms with E-state index in [4.69, 9.17) is 11.6 Å².